The maximum absolute atomic E-state index is 6.01. The van der Waals surface area contributed by atoms with Crippen molar-refractivity contribution >= 4 is 11.6 Å². The number of benzene rings is 1. The van der Waals surface area contributed by atoms with E-state index in [2.05, 4.69) is 0 Å². The van der Waals surface area contributed by atoms with Crippen molar-refractivity contribution in [1.29, 1.82) is 0 Å². The Labute approximate surface area is 94.1 Å². The zero-order valence-corrected chi connectivity index (χ0v) is 9.22. The predicted octanol–water partition coefficient (Wildman–Crippen LogP) is 1.75. The van der Waals surface area contributed by atoms with E-state index in [9.17, 15) is 0 Å². The highest BCUT2D eigenvalue weighted by Crippen LogP contribution is 2.33. The molecule has 0 unspecified atom stereocenters. The summed E-state index contributed by atoms with van der Waals surface area (Å²) in [4.78, 5) is 0. The molecule has 3 nitrogen and oxygen atoms in total. The first-order chi connectivity index (χ1) is 7.31. The van der Waals surface area contributed by atoms with E-state index in [0.717, 1.165) is 29.4 Å². The molecule has 0 aromatic heterocycles. The standard InChI is InChI=1S/C11H14ClNO2/c12-10-5-8-1-3-15-11(8)9(6-10)7-14-4-2-13/h5-6H,1-4,7,13H2. The Balaban J connectivity index is 2.15. The predicted molar refractivity (Wildman–Crippen MR) is 59.4 cm³/mol. The quantitative estimate of drug-likeness (QED) is 0.798. The summed E-state index contributed by atoms with van der Waals surface area (Å²) < 4.78 is 10.9. The SMILES string of the molecule is NCCOCc1cc(Cl)cc2c1OCC2. The molecule has 82 valence electrons. The van der Waals surface area contributed by atoms with E-state index in [4.69, 9.17) is 26.8 Å². The molecule has 1 aromatic rings. The highest BCUT2D eigenvalue weighted by molar-refractivity contribution is 6.30. The molecule has 0 spiro atoms. The molecule has 1 aromatic carbocycles. The van der Waals surface area contributed by atoms with Crippen molar-refractivity contribution in [2.45, 2.75) is 13.0 Å². The number of ether oxygens (including phenoxy) is 2. The lowest BCUT2D eigenvalue weighted by Crippen LogP contribution is -2.08. The van der Waals surface area contributed by atoms with Crippen LogP contribution in [0.15, 0.2) is 12.1 Å². The van der Waals surface area contributed by atoms with Crippen molar-refractivity contribution in [1.82, 2.24) is 0 Å². The Bertz CT molecular complexity index is 355. The van der Waals surface area contributed by atoms with Crippen LogP contribution in [0.4, 0.5) is 0 Å². The van der Waals surface area contributed by atoms with E-state index in [1.807, 2.05) is 12.1 Å². The van der Waals surface area contributed by atoms with Crippen LogP contribution in [0.25, 0.3) is 0 Å². The van der Waals surface area contributed by atoms with Crippen molar-refractivity contribution < 1.29 is 9.47 Å². The molecule has 0 bridgehead atoms. The van der Waals surface area contributed by atoms with Crippen molar-refractivity contribution in [3.63, 3.8) is 0 Å². The molecule has 0 amide bonds. The second-order valence-electron chi connectivity index (χ2n) is 3.49. The molecule has 0 radical (unpaired) electrons. The normalized spacial score (nSPS) is 13.7. The summed E-state index contributed by atoms with van der Waals surface area (Å²) in [5, 5.41) is 0.741. The van der Waals surface area contributed by atoms with Crippen LogP contribution in [0, 0.1) is 0 Å². The lowest BCUT2D eigenvalue weighted by molar-refractivity contribution is 0.126. The van der Waals surface area contributed by atoms with Gasteiger partial charge in [0.15, 0.2) is 0 Å². The van der Waals surface area contributed by atoms with Gasteiger partial charge >= 0.3 is 0 Å². The van der Waals surface area contributed by atoms with Crippen LogP contribution < -0.4 is 10.5 Å². The first-order valence-electron chi connectivity index (χ1n) is 5.03. The summed E-state index contributed by atoms with van der Waals surface area (Å²) >= 11 is 6.01. The van der Waals surface area contributed by atoms with Crippen LogP contribution in [0.3, 0.4) is 0 Å². The van der Waals surface area contributed by atoms with E-state index >= 15 is 0 Å². The molecule has 0 atom stereocenters. The highest BCUT2D eigenvalue weighted by atomic mass is 35.5. The number of rotatable bonds is 4. The molecule has 0 saturated carbocycles. The molecule has 0 saturated heterocycles. The smallest absolute Gasteiger partial charge is 0.128 e. The lowest BCUT2D eigenvalue weighted by Gasteiger charge is -2.09. The van der Waals surface area contributed by atoms with Crippen molar-refractivity contribution in [2.24, 2.45) is 5.73 Å². The number of nitrogens with two attached hydrogens (primary N) is 1. The van der Waals surface area contributed by atoms with Crippen LogP contribution in [0.5, 0.6) is 5.75 Å². The fourth-order valence-corrected chi connectivity index (χ4v) is 1.98. The number of hydrogen-bond donors (Lipinski definition) is 1. The van der Waals surface area contributed by atoms with E-state index < -0.39 is 0 Å². The lowest BCUT2D eigenvalue weighted by atomic mass is 10.1. The molecule has 1 heterocycles. The molecule has 0 aliphatic carbocycles. The number of hydrogen-bond acceptors (Lipinski definition) is 3. The van der Waals surface area contributed by atoms with Crippen molar-refractivity contribution in [3.05, 3.63) is 28.3 Å². The van der Waals surface area contributed by atoms with Gasteiger partial charge in [0.2, 0.25) is 0 Å². The van der Waals surface area contributed by atoms with Gasteiger partial charge in [-0.15, -0.1) is 0 Å². The maximum atomic E-state index is 6.01. The van der Waals surface area contributed by atoms with Crippen LogP contribution in [0.2, 0.25) is 5.02 Å². The van der Waals surface area contributed by atoms with Gasteiger partial charge in [-0.25, -0.2) is 0 Å². The summed E-state index contributed by atoms with van der Waals surface area (Å²) in [7, 11) is 0. The summed E-state index contributed by atoms with van der Waals surface area (Å²) in [6, 6.07) is 3.85. The van der Waals surface area contributed by atoms with Gasteiger partial charge in [-0.05, 0) is 17.7 Å². The number of halogens is 1. The Kier molecular flexibility index (Phi) is 3.46. The summed E-state index contributed by atoms with van der Waals surface area (Å²) in [5.74, 6) is 0.941. The minimum Gasteiger partial charge on any atom is -0.493 e. The third-order valence-electron chi connectivity index (χ3n) is 2.35. The minimum atomic E-state index is 0.514. The molecule has 0 fully saturated rings. The van der Waals surface area contributed by atoms with Gasteiger partial charge in [-0.1, -0.05) is 11.6 Å². The van der Waals surface area contributed by atoms with Gasteiger partial charge in [0.25, 0.3) is 0 Å². The molecule has 15 heavy (non-hydrogen) atoms. The maximum Gasteiger partial charge on any atom is 0.128 e. The van der Waals surface area contributed by atoms with Gasteiger partial charge in [0, 0.05) is 23.6 Å². The van der Waals surface area contributed by atoms with Crippen LogP contribution in [-0.4, -0.2) is 19.8 Å². The third-order valence-corrected chi connectivity index (χ3v) is 2.56. The van der Waals surface area contributed by atoms with Gasteiger partial charge in [-0.2, -0.15) is 0 Å². The van der Waals surface area contributed by atoms with E-state index in [1.54, 1.807) is 0 Å². The Morgan fingerprint density at radius 3 is 3.13 bits per heavy atom. The summed E-state index contributed by atoms with van der Waals surface area (Å²) in [6.45, 7) is 2.34. The van der Waals surface area contributed by atoms with Crippen molar-refractivity contribution in [3.8, 4) is 5.75 Å². The molecule has 2 rings (SSSR count). The van der Waals surface area contributed by atoms with Crippen LogP contribution in [-0.2, 0) is 17.8 Å². The fourth-order valence-electron chi connectivity index (χ4n) is 1.72. The molecule has 1 aliphatic rings. The second-order valence-corrected chi connectivity index (χ2v) is 3.93. The zero-order chi connectivity index (χ0) is 10.7. The summed E-state index contributed by atoms with van der Waals surface area (Å²) in [5.41, 5.74) is 7.54. The van der Waals surface area contributed by atoms with E-state index in [0.29, 0.717) is 19.8 Å². The summed E-state index contributed by atoms with van der Waals surface area (Å²) in [6.07, 6.45) is 0.930. The Hall–Kier alpha value is -0.770. The Morgan fingerprint density at radius 1 is 1.47 bits per heavy atom. The molecule has 2 N–H and O–H groups in total. The average Bonchev–Trinajstić information content (AvgIpc) is 2.65. The molecule has 1 aliphatic heterocycles. The molecular weight excluding hydrogens is 214 g/mol. The first-order valence-corrected chi connectivity index (χ1v) is 5.41. The highest BCUT2D eigenvalue weighted by Gasteiger charge is 2.17. The molecule has 4 heteroatoms. The van der Waals surface area contributed by atoms with Gasteiger partial charge in [0.1, 0.15) is 5.75 Å². The second kappa shape index (κ2) is 4.84. The Morgan fingerprint density at radius 2 is 2.33 bits per heavy atom. The van der Waals surface area contributed by atoms with Crippen LogP contribution >= 0.6 is 11.6 Å². The van der Waals surface area contributed by atoms with Gasteiger partial charge < -0.3 is 15.2 Å². The topological polar surface area (TPSA) is 44.5 Å². The van der Waals surface area contributed by atoms with Crippen LogP contribution in [0.1, 0.15) is 11.1 Å². The number of fused-ring (bicyclic) bond motifs is 1. The van der Waals surface area contributed by atoms with Crippen molar-refractivity contribution in [2.75, 3.05) is 19.8 Å². The first kappa shape index (κ1) is 10.7. The average molecular weight is 228 g/mol. The minimum absolute atomic E-state index is 0.514. The van der Waals surface area contributed by atoms with E-state index in [1.165, 1.54) is 5.56 Å². The largest absolute Gasteiger partial charge is 0.493 e. The van der Waals surface area contributed by atoms with E-state index in [-0.39, 0.29) is 0 Å². The third kappa shape index (κ3) is 2.43. The monoisotopic (exact) mass is 227 g/mol. The molecular formula is C11H14ClNO2. The van der Waals surface area contributed by atoms with Gasteiger partial charge in [-0.3, -0.25) is 0 Å². The fraction of sp³-hybridized carbons (Fsp3) is 0.455. The van der Waals surface area contributed by atoms with Gasteiger partial charge in [0.05, 0.1) is 19.8 Å². The zero-order valence-electron chi connectivity index (χ0n) is 8.46.